The fourth-order valence-corrected chi connectivity index (χ4v) is 2.59. The van der Waals surface area contributed by atoms with Gasteiger partial charge in [0.25, 0.3) is 0 Å². The van der Waals surface area contributed by atoms with Crippen LogP contribution in [-0.2, 0) is 11.2 Å². The third-order valence-corrected chi connectivity index (χ3v) is 3.64. The second-order valence-corrected chi connectivity index (χ2v) is 6.27. The van der Waals surface area contributed by atoms with Crippen molar-refractivity contribution in [3.63, 3.8) is 0 Å². The average molecular weight is 263 g/mol. The number of likely N-dealkylation sites (N-methyl/N-ethyl adjacent to an activating group) is 1. The van der Waals surface area contributed by atoms with Crippen LogP contribution < -0.4 is 5.32 Å². The number of nitrogens with one attached hydrogen (secondary N) is 1. The zero-order chi connectivity index (χ0) is 14.5. The second-order valence-electron chi connectivity index (χ2n) is 6.27. The molecule has 0 aromatic heterocycles. The quantitative estimate of drug-likeness (QED) is 0.847. The number of benzene rings is 1. The first-order chi connectivity index (χ1) is 8.90. The van der Waals surface area contributed by atoms with E-state index in [4.69, 9.17) is 4.74 Å². The Kier molecular flexibility index (Phi) is 6.02. The van der Waals surface area contributed by atoms with Crippen molar-refractivity contribution in [3.8, 4) is 0 Å². The molecule has 0 fully saturated rings. The van der Waals surface area contributed by atoms with Crippen LogP contribution in [0.25, 0.3) is 0 Å². The standard InChI is InChI=1S/C17H29NO/c1-7-19-16(17(3,4)5)15(18-6)12-14-11-9-8-10-13(14)2/h8-11,15-16,18H,7,12H2,1-6H3. The van der Waals surface area contributed by atoms with Crippen molar-refractivity contribution in [2.75, 3.05) is 13.7 Å². The summed E-state index contributed by atoms with van der Waals surface area (Å²) in [6.07, 6.45) is 1.22. The highest BCUT2D eigenvalue weighted by Crippen LogP contribution is 2.27. The van der Waals surface area contributed by atoms with Gasteiger partial charge in [-0.15, -0.1) is 0 Å². The Morgan fingerprint density at radius 1 is 1.21 bits per heavy atom. The summed E-state index contributed by atoms with van der Waals surface area (Å²) in [5.74, 6) is 0. The number of hydrogen-bond donors (Lipinski definition) is 1. The molecule has 0 heterocycles. The molecule has 0 spiro atoms. The van der Waals surface area contributed by atoms with Gasteiger partial charge < -0.3 is 10.1 Å². The molecule has 2 heteroatoms. The van der Waals surface area contributed by atoms with Crippen molar-refractivity contribution >= 4 is 0 Å². The molecule has 0 aliphatic rings. The molecular weight excluding hydrogens is 234 g/mol. The molecule has 2 atom stereocenters. The molecule has 0 bridgehead atoms. The Labute approximate surface area is 118 Å². The molecule has 0 aliphatic carbocycles. The maximum Gasteiger partial charge on any atom is 0.0779 e. The van der Waals surface area contributed by atoms with Crippen LogP contribution in [0.5, 0.6) is 0 Å². The first-order valence-electron chi connectivity index (χ1n) is 7.23. The topological polar surface area (TPSA) is 21.3 Å². The second kappa shape index (κ2) is 7.06. The van der Waals surface area contributed by atoms with Crippen LogP contribution in [0.15, 0.2) is 24.3 Å². The summed E-state index contributed by atoms with van der Waals surface area (Å²) in [5.41, 5.74) is 2.88. The van der Waals surface area contributed by atoms with Crippen LogP contribution in [0.1, 0.15) is 38.8 Å². The van der Waals surface area contributed by atoms with E-state index in [-0.39, 0.29) is 11.5 Å². The van der Waals surface area contributed by atoms with Crippen LogP contribution >= 0.6 is 0 Å². The van der Waals surface area contributed by atoms with E-state index in [9.17, 15) is 0 Å². The van der Waals surface area contributed by atoms with Gasteiger partial charge in [-0.2, -0.15) is 0 Å². The Bertz CT molecular complexity index is 381. The van der Waals surface area contributed by atoms with Crippen molar-refractivity contribution in [1.82, 2.24) is 5.32 Å². The number of aryl methyl sites for hydroxylation is 1. The molecule has 2 unspecified atom stereocenters. The van der Waals surface area contributed by atoms with Gasteiger partial charge >= 0.3 is 0 Å². The third kappa shape index (κ3) is 4.63. The number of ether oxygens (including phenoxy) is 1. The minimum Gasteiger partial charge on any atom is -0.376 e. The molecule has 0 saturated heterocycles. The molecule has 0 amide bonds. The molecule has 0 aliphatic heterocycles. The molecule has 2 nitrogen and oxygen atoms in total. The van der Waals surface area contributed by atoms with E-state index in [0.29, 0.717) is 6.04 Å². The summed E-state index contributed by atoms with van der Waals surface area (Å²) in [6, 6.07) is 8.93. The smallest absolute Gasteiger partial charge is 0.0779 e. The molecular formula is C17H29NO. The third-order valence-electron chi connectivity index (χ3n) is 3.64. The van der Waals surface area contributed by atoms with Gasteiger partial charge in [0.2, 0.25) is 0 Å². The highest BCUT2D eigenvalue weighted by Gasteiger charge is 2.32. The molecule has 1 aromatic carbocycles. The van der Waals surface area contributed by atoms with Crippen molar-refractivity contribution in [3.05, 3.63) is 35.4 Å². The van der Waals surface area contributed by atoms with E-state index in [1.54, 1.807) is 0 Å². The van der Waals surface area contributed by atoms with E-state index < -0.39 is 0 Å². The zero-order valence-corrected chi connectivity index (χ0v) is 13.3. The lowest BCUT2D eigenvalue weighted by Gasteiger charge is -2.37. The van der Waals surface area contributed by atoms with Crippen molar-refractivity contribution in [2.24, 2.45) is 5.41 Å². The van der Waals surface area contributed by atoms with Gasteiger partial charge in [0.05, 0.1) is 6.10 Å². The van der Waals surface area contributed by atoms with Crippen molar-refractivity contribution < 1.29 is 4.74 Å². The minimum absolute atomic E-state index is 0.131. The van der Waals surface area contributed by atoms with Gasteiger partial charge in [-0.05, 0) is 43.9 Å². The largest absolute Gasteiger partial charge is 0.376 e. The van der Waals surface area contributed by atoms with Crippen LogP contribution in [0.3, 0.4) is 0 Å². The van der Waals surface area contributed by atoms with Gasteiger partial charge in [-0.3, -0.25) is 0 Å². The van der Waals surface area contributed by atoms with E-state index in [2.05, 4.69) is 64.2 Å². The number of rotatable bonds is 6. The summed E-state index contributed by atoms with van der Waals surface area (Å²) < 4.78 is 6.01. The van der Waals surface area contributed by atoms with Crippen LogP contribution in [0, 0.1) is 12.3 Å². The van der Waals surface area contributed by atoms with Crippen molar-refractivity contribution in [1.29, 1.82) is 0 Å². The fourth-order valence-electron chi connectivity index (χ4n) is 2.59. The van der Waals surface area contributed by atoms with Gasteiger partial charge in [0, 0.05) is 12.6 Å². The summed E-state index contributed by atoms with van der Waals surface area (Å²) in [5, 5.41) is 3.44. The predicted molar refractivity (Wildman–Crippen MR) is 82.6 cm³/mol. The molecule has 1 N–H and O–H groups in total. The van der Waals surface area contributed by atoms with Crippen LogP contribution in [0.4, 0.5) is 0 Å². The Balaban J connectivity index is 2.89. The highest BCUT2D eigenvalue weighted by molar-refractivity contribution is 5.26. The van der Waals surface area contributed by atoms with E-state index in [1.165, 1.54) is 11.1 Å². The van der Waals surface area contributed by atoms with E-state index in [0.717, 1.165) is 13.0 Å². The Morgan fingerprint density at radius 2 is 1.84 bits per heavy atom. The summed E-state index contributed by atoms with van der Waals surface area (Å²) in [7, 11) is 2.03. The van der Waals surface area contributed by atoms with Crippen molar-refractivity contribution in [2.45, 2.75) is 53.2 Å². The highest BCUT2D eigenvalue weighted by atomic mass is 16.5. The molecule has 1 rings (SSSR count). The van der Waals surface area contributed by atoms with Crippen LogP contribution in [-0.4, -0.2) is 25.8 Å². The average Bonchev–Trinajstić information content (AvgIpc) is 2.34. The normalized spacial score (nSPS) is 15.3. The van der Waals surface area contributed by atoms with Crippen LogP contribution in [0.2, 0.25) is 0 Å². The Hall–Kier alpha value is -0.860. The first-order valence-corrected chi connectivity index (χ1v) is 7.23. The lowest BCUT2D eigenvalue weighted by molar-refractivity contribution is -0.0340. The summed E-state index contributed by atoms with van der Waals surface area (Å²) in [6.45, 7) is 11.7. The minimum atomic E-state index is 0.131. The maximum atomic E-state index is 6.01. The maximum absolute atomic E-state index is 6.01. The fraction of sp³-hybridized carbons (Fsp3) is 0.647. The molecule has 0 radical (unpaired) electrons. The lowest BCUT2D eigenvalue weighted by atomic mass is 9.82. The van der Waals surface area contributed by atoms with Gasteiger partial charge in [-0.25, -0.2) is 0 Å². The van der Waals surface area contributed by atoms with Gasteiger partial charge in [-0.1, -0.05) is 45.0 Å². The summed E-state index contributed by atoms with van der Waals surface area (Å²) >= 11 is 0. The zero-order valence-electron chi connectivity index (χ0n) is 13.3. The molecule has 1 aromatic rings. The molecule has 108 valence electrons. The van der Waals surface area contributed by atoms with Gasteiger partial charge in [0.1, 0.15) is 0 Å². The van der Waals surface area contributed by atoms with Gasteiger partial charge in [0.15, 0.2) is 0 Å². The van der Waals surface area contributed by atoms with E-state index in [1.807, 2.05) is 7.05 Å². The lowest BCUT2D eigenvalue weighted by Crippen LogP contribution is -2.48. The molecule has 19 heavy (non-hydrogen) atoms. The number of hydrogen-bond acceptors (Lipinski definition) is 2. The molecule has 0 saturated carbocycles. The van der Waals surface area contributed by atoms with E-state index >= 15 is 0 Å². The summed E-state index contributed by atoms with van der Waals surface area (Å²) in [4.78, 5) is 0. The predicted octanol–water partition coefficient (Wildman–Crippen LogP) is 3.58. The SMILES string of the molecule is CCOC(C(Cc1ccccc1C)NC)C(C)(C)C. The Morgan fingerprint density at radius 3 is 2.32 bits per heavy atom. The monoisotopic (exact) mass is 263 g/mol. The first kappa shape index (κ1) is 16.2.